The van der Waals surface area contributed by atoms with Crippen molar-refractivity contribution in [2.24, 2.45) is 0 Å². The number of aryl methyl sites for hydroxylation is 1. The Morgan fingerprint density at radius 3 is 2.69 bits per heavy atom. The second kappa shape index (κ2) is 9.18. The van der Waals surface area contributed by atoms with Gasteiger partial charge in [-0.2, -0.15) is 4.98 Å². The van der Waals surface area contributed by atoms with Gasteiger partial charge < -0.3 is 18.7 Å². The molecule has 1 aromatic carbocycles. The fourth-order valence-electron chi connectivity index (χ4n) is 2.86. The first-order valence-corrected chi connectivity index (χ1v) is 9.05. The van der Waals surface area contributed by atoms with Crippen molar-refractivity contribution in [3.05, 3.63) is 24.1 Å². The van der Waals surface area contributed by atoms with Crippen molar-refractivity contribution >= 4 is 17.8 Å². The SMILES string of the molecule is COc1ccc(-c2noc(CCC(=O)OCC(=O)N3CCCC3=O)n2)cc1OC. The van der Waals surface area contributed by atoms with Crippen molar-refractivity contribution in [3.63, 3.8) is 0 Å². The van der Waals surface area contributed by atoms with E-state index in [1.807, 2.05) is 0 Å². The maximum atomic E-state index is 11.9. The van der Waals surface area contributed by atoms with Gasteiger partial charge in [0.2, 0.25) is 17.6 Å². The van der Waals surface area contributed by atoms with Crippen molar-refractivity contribution in [2.45, 2.75) is 25.7 Å². The van der Waals surface area contributed by atoms with Crippen LogP contribution in [-0.4, -0.2) is 60.2 Å². The lowest BCUT2D eigenvalue weighted by molar-refractivity contribution is -0.154. The van der Waals surface area contributed by atoms with Crippen LogP contribution >= 0.6 is 0 Å². The lowest BCUT2D eigenvalue weighted by Crippen LogP contribution is -2.35. The van der Waals surface area contributed by atoms with Crippen LogP contribution in [0.4, 0.5) is 0 Å². The number of esters is 1. The number of nitrogens with zero attached hydrogens (tertiary/aromatic N) is 3. The average Bonchev–Trinajstić information content (AvgIpc) is 3.39. The van der Waals surface area contributed by atoms with Gasteiger partial charge in [0.1, 0.15) is 0 Å². The molecule has 154 valence electrons. The number of hydrogen-bond acceptors (Lipinski definition) is 9. The fraction of sp³-hybridized carbons (Fsp3) is 0.421. The quantitative estimate of drug-likeness (QED) is 0.602. The van der Waals surface area contributed by atoms with Gasteiger partial charge in [0.15, 0.2) is 18.1 Å². The molecule has 0 aliphatic carbocycles. The molecule has 0 unspecified atom stereocenters. The third kappa shape index (κ3) is 4.89. The number of ether oxygens (including phenoxy) is 3. The van der Waals surface area contributed by atoms with Gasteiger partial charge in [0.05, 0.1) is 20.6 Å². The minimum Gasteiger partial charge on any atom is -0.493 e. The molecule has 10 nitrogen and oxygen atoms in total. The summed E-state index contributed by atoms with van der Waals surface area (Å²) in [7, 11) is 3.07. The number of imide groups is 1. The standard InChI is InChI=1S/C19H21N3O7/c1-26-13-6-5-12(10-14(13)27-2)19-20-15(29-21-19)7-8-18(25)28-11-17(24)22-9-3-4-16(22)23/h5-6,10H,3-4,7-9,11H2,1-2H3. The van der Waals surface area contributed by atoms with E-state index in [1.54, 1.807) is 25.3 Å². The largest absolute Gasteiger partial charge is 0.493 e. The molecule has 0 radical (unpaired) electrons. The van der Waals surface area contributed by atoms with Crippen LogP contribution in [-0.2, 0) is 25.5 Å². The maximum Gasteiger partial charge on any atom is 0.306 e. The maximum absolute atomic E-state index is 11.9. The van der Waals surface area contributed by atoms with Gasteiger partial charge in [0, 0.05) is 24.9 Å². The van der Waals surface area contributed by atoms with E-state index in [1.165, 1.54) is 7.11 Å². The lowest BCUT2D eigenvalue weighted by atomic mass is 10.2. The number of amides is 2. The van der Waals surface area contributed by atoms with Crippen LogP contribution in [0.5, 0.6) is 11.5 Å². The summed E-state index contributed by atoms with van der Waals surface area (Å²) >= 11 is 0. The Balaban J connectivity index is 1.50. The smallest absolute Gasteiger partial charge is 0.306 e. The highest BCUT2D eigenvalue weighted by molar-refractivity contribution is 5.97. The van der Waals surface area contributed by atoms with Gasteiger partial charge in [-0.1, -0.05) is 5.16 Å². The topological polar surface area (TPSA) is 121 Å². The summed E-state index contributed by atoms with van der Waals surface area (Å²) in [5.74, 6) is 0.378. The van der Waals surface area contributed by atoms with Crippen molar-refractivity contribution in [1.82, 2.24) is 15.0 Å². The van der Waals surface area contributed by atoms with E-state index in [9.17, 15) is 14.4 Å². The van der Waals surface area contributed by atoms with Crippen LogP contribution < -0.4 is 9.47 Å². The van der Waals surface area contributed by atoms with Crippen molar-refractivity contribution in [1.29, 1.82) is 0 Å². The Morgan fingerprint density at radius 1 is 1.21 bits per heavy atom. The number of methoxy groups -OCH3 is 2. The van der Waals surface area contributed by atoms with E-state index in [2.05, 4.69) is 10.1 Å². The third-order valence-electron chi connectivity index (χ3n) is 4.38. The predicted octanol–water partition coefficient (Wildman–Crippen LogP) is 1.38. The Bertz CT molecular complexity index is 909. The van der Waals surface area contributed by atoms with E-state index in [0.717, 1.165) is 4.90 Å². The lowest BCUT2D eigenvalue weighted by Gasteiger charge is -2.13. The minimum atomic E-state index is -0.587. The van der Waals surface area contributed by atoms with Gasteiger partial charge in [-0.25, -0.2) is 0 Å². The van der Waals surface area contributed by atoms with Gasteiger partial charge >= 0.3 is 5.97 Å². The highest BCUT2D eigenvalue weighted by atomic mass is 16.5. The fourth-order valence-corrected chi connectivity index (χ4v) is 2.86. The number of carbonyl (C=O) groups is 3. The second-order valence-corrected chi connectivity index (χ2v) is 6.28. The molecule has 0 spiro atoms. The predicted molar refractivity (Wildman–Crippen MR) is 98.1 cm³/mol. The Morgan fingerprint density at radius 2 is 2.00 bits per heavy atom. The molecule has 2 aromatic rings. The van der Waals surface area contributed by atoms with Crippen LogP contribution in [0.3, 0.4) is 0 Å². The molecule has 10 heteroatoms. The van der Waals surface area contributed by atoms with Crippen LogP contribution in [0, 0.1) is 0 Å². The van der Waals surface area contributed by atoms with E-state index in [0.29, 0.717) is 42.3 Å². The van der Waals surface area contributed by atoms with Crippen molar-refractivity contribution in [3.8, 4) is 22.9 Å². The van der Waals surface area contributed by atoms with Crippen LogP contribution in [0.15, 0.2) is 22.7 Å². The zero-order valence-electron chi connectivity index (χ0n) is 16.2. The molecule has 0 N–H and O–H groups in total. The summed E-state index contributed by atoms with van der Waals surface area (Å²) < 4.78 is 20.5. The molecule has 1 aromatic heterocycles. The molecule has 2 amide bonds. The summed E-state index contributed by atoms with van der Waals surface area (Å²) in [4.78, 5) is 40.6. The zero-order valence-corrected chi connectivity index (χ0v) is 16.2. The number of carbonyl (C=O) groups excluding carboxylic acids is 3. The van der Waals surface area contributed by atoms with E-state index < -0.39 is 18.5 Å². The van der Waals surface area contributed by atoms with E-state index in [4.69, 9.17) is 18.7 Å². The Labute approximate surface area is 166 Å². The first kappa shape index (κ1) is 20.3. The molecule has 0 saturated carbocycles. The van der Waals surface area contributed by atoms with Crippen LogP contribution in [0.2, 0.25) is 0 Å². The number of aromatic nitrogens is 2. The van der Waals surface area contributed by atoms with Crippen LogP contribution in [0.1, 0.15) is 25.2 Å². The number of hydrogen-bond donors (Lipinski definition) is 0. The number of rotatable bonds is 8. The molecule has 0 bridgehead atoms. The molecule has 1 aliphatic rings. The minimum absolute atomic E-state index is 0.0329. The van der Waals surface area contributed by atoms with Gasteiger partial charge in [0.25, 0.3) is 5.91 Å². The molecule has 3 rings (SSSR count). The van der Waals surface area contributed by atoms with E-state index >= 15 is 0 Å². The molecule has 1 fully saturated rings. The third-order valence-corrected chi connectivity index (χ3v) is 4.38. The highest BCUT2D eigenvalue weighted by Crippen LogP contribution is 2.31. The summed E-state index contributed by atoms with van der Waals surface area (Å²) in [5, 5.41) is 3.90. The van der Waals surface area contributed by atoms with Crippen molar-refractivity contribution in [2.75, 3.05) is 27.4 Å². The first-order chi connectivity index (χ1) is 14.0. The summed E-state index contributed by atoms with van der Waals surface area (Å²) in [6, 6.07) is 5.20. The summed E-state index contributed by atoms with van der Waals surface area (Å²) in [6.45, 7) is -0.0819. The monoisotopic (exact) mass is 403 g/mol. The Kier molecular flexibility index (Phi) is 6.43. The molecule has 1 saturated heterocycles. The molecule has 2 heterocycles. The van der Waals surface area contributed by atoms with Crippen molar-refractivity contribution < 1.29 is 33.1 Å². The molecule has 29 heavy (non-hydrogen) atoms. The van der Waals surface area contributed by atoms with Gasteiger partial charge in [-0.3, -0.25) is 19.3 Å². The number of likely N-dealkylation sites (tertiary alicyclic amines) is 1. The summed E-state index contributed by atoms with van der Waals surface area (Å²) in [6.07, 6.45) is 1.11. The van der Waals surface area contributed by atoms with Gasteiger partial charge in [-0.05, 0) is 24.6 Å². The molecular weight excluding hydrogens is 382 g/mol. The summed E-state index contributed by atoms with van der Waals surface area (Å²) in [5.41, 5.74) is 0.668. The molecule has 0 atom stereocenters. The van der Waals surface area contributed by atoms with E-state index in [-0.39, 0.29) is 24.6 Å². The molecule has 1 aliphatic heterocycles. The number of benzene rings is 1. The average molecular weight is 403 g/mol. The molecular formula is C19H21N3O7. The Hall–Kier alpha value is -3.43. The zero-order chi connectivity index (χ0) is 20.8. The second-order valence-electron chi connectivity index (χ2n) is 6.28. The van der Waals surface area contributed by atoms with Gasteiger partial charge in [-0.15, -0.1) is 0 Å². The van der Waals surface area contributed by atoms with Crippen LogP contribution in [0.25, 0.3) is 11.4 Å². The normalized spacial score (nSPS) is 13.4. The first-order valence-electron chi connectivity index (χ1n) is 9.05. The highest BCUT2D eigenvalue weighted by Gasteiger charge is 2.27.